The third kappa shape index (κ3) is 5.43. The molecule has 0 saturated carbocycles. The maximum absolute atomic E-state index is 10.0. The van der Waals surface area contributed by atoms with Gasteiger partial charge in [-0.25, -0.2) is 9.97 Å². The van der Waals surface area contributed by atoms with E-state index in [1.165, 1.54) is 27.6 Å². The number of hydrogen-bond donors (Lipinski definition) is 0. The molecule has 3 nitrogen and oxygen atoms in total. The van der Waals surface area contributed by atoms with Crippen LogP contribution in [0.3, 0.4) is 0 Å². The number of hydrogen-bond acceptors (Lipinski definition) is 3. The second kappa shape index (κ2) is 13.2. The molecular formula is C52H33N3. The Morgan fingerprint density at radius 2 is 0.891 bits per heavy atom. The van der Waals surface area contributed by atoms with Crippen molar-refractivity contribution in [1.29, 1.82) is 5.26 Å². The van der Waals surface area contributed by atoms with E-state index in [9.17, 15) is 5.26 Å². The first-order valence-electron chi connectivity index (χ1n) is 18.5. The van der Waals surface area contributed by atoms with E-state index in [1.54, 1.807) is 0 Å². The lowest BCUT2D eigenvalue weighted by Gasteiger charge is -2.34. The third-order valence-corrected chi connectivity index (χ3v) is 11.0. The van der Waals surface area contributed by atoms with Crippen LogP contribution in [-0.4, -0.2) is 9.97 Å². The van der Waals surface area contributed by atoms with Gasteiger partial charge >= 0.3 is 0 Å². The molecule has 3 heteroatoms. The van der Waals surface area contributed by atoms with E-state index >= 15 is 0 Å². The van der Waals surface area contributed by atoms with Crippen molar-refractivity contribution in [3.8, 4) is 62.2 Å². The fourth-order valence-electron chi connectivity index (χ4n) is 8.38. The van der Waals surface area contributed by atoms with Gasteiger partial charge in [0.15, 0.2) is 5.82 Å². The average molecular weight is 700 g/mol. The molecule has 9 aromatic rings. The quantitative estimate of drug-likeness (QED) is 0.174. The normalized spacial score (nSPS) is 12.5. The molecule has 1 aliphatic carbocycles. The molecule has 0 saturated heterocycles. The van der Waals surface area contributed by atoms with Crippen molar-refractivity contribution in [1.82, 2.24) is 9.97 Å². The number of nitriles is 1. The van der Waals surface area contributed by atoms with Crippen LogP contribution in [0, 0.1) is 11.3 Å². The smallest absolute Gasteiger partial charge is 0.160 e. The second-order valence-corrected chi connectivity index (χ2v) is 14.1. The van der Waals surface area contributed by atoms with E-state index in [-0.39, 0.29) is 0 Å². The van der Waals surface area contributed by atoms with Gasteiger partial charge in [-0.1, -0.05) is 170 Å². The van der Waals surface area contributed by atoms with Crippen LogP contribution in [0.2, 0.25) is 0 Å². The Labute approximate surface area is 320 Å². The largest absolute Gasteiger partial charge is 0.228 e. The summed E-state index contributed by atoms with van der Waals surface area (Å²) >= 11 is 0. The van der Waals surface area contributed by atoms with Crippen molar-refractivity contribution in [2.45, 2.75) is 5.41 Å². The van der Waals surface area contributed by atoms with E-state index in [0.717, 1.165) is 55.7 Å². The summed E-state index contributed by atoms with van der Waals surface area (Å²) < 4.78 is 0. The summed E-state index contributed by atoms with van der Waals surface area (Å²) in [7, 11) is 0. The van der Waals surface area contributed by atoms with Crippen LogP contribution in [0.5, 0.6) is 0 Å². The first-order valence-corrected chi connectivity index (χ1v) is 18.5. The Balaban J connectivity index is 1.10. The van der Waals surface area contributed by atoms with Gasteiger partial charge in [-0.3, -0.25) is 0 Å². The maximum Gasteiger partial charge on any atom is 0.160 e. The molecule has 0 atom stereocenters. The first-order chi connectivity index (χ1) is 27.2. The molecular weight excluding hydrogens is 667 g/mol. The SMILES string of the molecule is N#Cc1ccc2c(c1)C(c1ccccc1)(c1ccccc1)c1cc(-c3ccc(-c4cc(-c5ccccc5)nc(-c5ccc6ccccc6c5)n4)cc3)ccc1-2. The highest BCUT2D eigenvalue weighted by atomic mass is 14.9. The fourth-order valence-corrected chi connectivity index (χ4v) is 8.38. The zero-order chi connectivity index (χ0) is 36.8. The van der Waals surface area contributed by atoms with Crippen LogP contribution < -0.4 is 0 Å². The average Bonchev–Trinajstić information content (AvgIpc) is 3.56. The third-order valence-electron chi connectivity index (χ3n) is 11.0. The van der Waals surface area contributed by atoms with Gasteiger partial charge in [0, 0.05) is 16.7 Å². The maximum atomic E-state index is 10.0. The van der Waals surface area contributed by atoms with E-state index in [2.05, 4.69) is 182 Å². The zero-order valence-electron chi connectivity index (χ0n) is 29.9. The molecule has 1 aliphatic rings. The lowest BCUT2D eigenvalue weighted by atomic mass is 9.67. The number of nitrogens with zero attached hydrogens (tertiary/aromatic N) is 3. The van der Waals surface area contributed by atoms with Crippen LogP contribution in [0.25, 0.3) is 66.9 Å². The molecule has 0 aliphatic heterocycles. The van der Waals surface area contributed by atoms with Gasteiger partial charge in [0.05, 0.1) is 28.4 Å². The van der Waals surface area contributed by atoms with Gasteiger partial charge in [-0.2, -0.15) is 5.26 Å². The summed E-state index contributed by atoms with van der Waals surface area (Å²) in [4.78, 5) is 10.2. The molecule has 55 heavy (non-hydrogen) atoms. The highest BCUT2D eigenvalue weighted by molar-refractivity contribution is 5.90. The summed E-state index contributed by atoms with van der Waals surface area (Å²) in [6.07, 6.45) is 0. The molecule has 10 rings (SSSR count). The van der Waals surface area contributed by atoms with E-state index in [1.807, 2.05) is 24.3 Å². The number of aromatic nitrogens is 2. The fraction of sp³-hybridized carbons (Fsp3) is 0.0192. The number of fused-ring (bicyclic) bond motifs is 4. The molecule has 256 valence electrons. The van der Waals surface area contributed by atoms with Gasteiger partial charge in [0.1, 0.15) is 0 Å². The lowest BCUT2D eigenvalue weighted by Crippen LogP contribution is -2.28. The first kappa shape index (κ1) is 32.3. The highest BCUT2D eigenvalue weighted by Crippen LogP contribution is 2.57. The number of benzene rings is 8. The summed E-state index contributed by atoms with van der Waals surface area (Å²) in [6.45, 7) is 0. The van der Waals surface area contributed by atoms with Gasteiger partial charge in [0.2, 0.25) is 0 Å². The van der Waals surface area contributed by atoms with Crippen molar-refractivity contribution in [2.75, 3.05) is 0 Å². The minimum atomic E-state index is -0.593. The van der Waals surface area contributed by atoms with Gasteiger partial charge < -0.3 is 0 Å². The van der Waals surface area contributed by atoms with Gasteiger partial charge in [-0.05, 0) is 85.6 Å². The van der Waals surface area contributed by atoms with Gasteiger partial charge in [-0.15, -0.1) is 0 Å². The minimum Gasteiger partial charge on any atom is -0.228 e. The predicted octanol–water partition coefficient (Wildman–Crippen LogP) is 12.5. The van der Waals surface area contributed by atoms with Crippen molar-refractivity contribution in [3.05, 3.63) is 228 Å². The monoisotopic (exact) mass is 699 g/mol. The van der Waals surface area contributed by atoms with Crippen LogP contribution >= 0.6 is 0 Å². The molecule has 0 fully saturated rings. The Morgan fingerprint density at radius 3 is 1.55 bits per heavy atom. The minimum absolute atomic E-state index is 0.593. The van der Waals surface area contributed by atoms with Crippen molar-refractivity contribution in [2.24, 2.45) is 0 Å². The number of rotatable bonds is 6. The Bertz CT molecular complexity index is 2870. The molecule has 1 aromatic heterocycles. The van der Waals surface area contributed by atoms with Crippen LogP contribution in [0.1, 0.15) is 27.8 Å². The predicted molar refractivity (Wildman–Crippen MR) is 223 cm³/mol. The van der Waals surface area contributed by atoms with Crippen LogP contribution in [0.4, 0.5) is 0 Å². The van der Waals surface area contributed by atoms with Crippen LogP contribution in [0.15, 0.2) is 200 Å². The summed E-state index contributed by atoms with van der Waals surface area (Å²) in [6, 6.07) is 72.7. The lowest BCUT2D eigenvalue weighted by molar-refractivity contribution is 0.768. The summed E-state index contributed by atoms with van der Waals surface area (Å²) in [5.41, 5.74) is 14.1. The van der Waals surface area contributed by atoms with Crippen LogP contribution in [-0.2, 0) is 5.41 Å². The zero-order valence-corrected chi connectivity index (χ0v) is 29.9. The molecule has 0 unspecified atom stereocenters. The van der Waals surface area contributed by atoms with E-state index in [4.69, 9.17) is 9.97 Å². The Hall–Kier alpha value is -7.41. The Kier molecular flexibility index (Phi) is 7.75. The molecule has 8 aromatic carbocycles. The van der Waals surface area contributed by atoms with Crippen molar-refractivity contribution >= 4 is 10.8 Å². The highest BCUT2D eigenvalue weighted by Gasteiger charge is 2.46. The molecule has 1 heterocycles. The molecule has 0 amide bonds. The summed E-state index contributed by atoms with van der Waals surface area (Å²) in [5, 5.41) is 12.4. The summed E-state index contributed by atoms with van der Waals surface area (Å²) in [5.74, 6) is 0.696. The van der Waals surface area contributed by atoms with Gasteiger partial charge in [0.25, 0.3) is 0 Å². The van der Waals surface area contributed by atoms with Crippen molar-refractivity contribution in [3.63, 3.8) is 0 Å². The van der Waals surface area contributed by atoms with Crippen molar-refractivity contribution < 1.29 is 0 Å². The molecule has 0 N–H and O–H groups in total. The topological polar surface area (TPSA) is 49.6 Å². The second-order valence-electron chi connectivity index (χ2n) is 14.1. The van der Waals surface area contributed by atoms with E-state index in [0.29, 0.717) is 11.4 Å². The Morgan fingerprint density at radius 1 is 0.382 bits per heavy atom. The standard InChI is InChI=1S/C52H33N3/c53-34-35-20-28-45-46-29-27-41(32-48(46)52(47(45)30-35,43-16-6-2-7-17-43)44-18-8-3-9-19-44)37-21-24-39(25-22-37)50-33-49(38-13-4-1-5-14-38)54-51(55-50)42-26-23-36-12-10-11-15-40(36)31-42/h1-33H. The molecule has 0 spiro atoms. The molecule has 0 radical (unpaired) electrons. The van der Waals surface area contributed by atoms with E-state index < -0.39 is 5.41 Å². The molecule has 0 bridgehead atoms.